The second-order valence-electron chi connectivity index (χ2n) is 7.18. The summed E-state index contributed by atoms with van der Waals surface area (Å²) in [5.74, 6) is 0.660. The summed E-state index contributed by atoms with van der Waals surface area (Å²) in [6, 6.07) is 1.61. The molecule has 0 aliphatic carbocycles. The highest BCUT2D eigenvalue weighted by atomic mass is 16.3. The number of pyridine rings is 1. The Morgan fingerprint density at radius 2 is 1.96 bits per heavy atom. The number of piperidine rings is 1. The van der Waals surface area contributed by atoms with Gasteiger partial charge in [0.2, 0.25) is 5.43 Å². The number of unbranched alkanes of at least 4 members (excludes halogenated alkanes) is 1. The number of nitrogens with zero attached hydrogens (tertiary/aromatic N) is 3. The van der Waals surface area contributed by atoms with E-state index in [1.54, 1.807) is 12.3 Å². The molecule has 2 heterocycles. The SMILES string of the molecule is CC1CCN(Cc2cc(=O)c(O)cn2CCCCN(C)C)CC1. The first-order valence-electron chi connectivity index (χ1n) is 8.75. The Balaban J connectivity index is 2.01. The molecule has 0 radical (unpaired) electrons. The van der Waals surface area contributed by atoms with Gasteiger partial charge in [-0.05, 0) is 65.3 Å². The number of aryl methyl sites for hydroxylation is 1. The van der Waals surface area contributed by atoms with Gasteiger partial charge in [-0.1, -0.05) is 6.92 Å². The monoisotopic (exact) mass is 321 g/mol. The fraction of sp³-hybridized carbons (Fsp3) is 0.722. The molecule has 1 aliphatic heterocycles. The lowest BCUT2D eigenvalue weighted by atomic mass is 9.99. The van der Waals surface area contributed by atoms with E-state index in [1.807, 2.05) is 0 Å². The van der Waals surface area contributed by atoms with Crippen LogP contribution >= 0.6 is 0 Å². The fourth-order valence-corrected chi connectivity index (χ4v) is 3.11. The van der Waals surface area contributed by atoms with Gasteiger partial charge in [-0.3, -0.25) is 9.69 Å². The van der Waals surface area contributed by atoms with Crippen LogP contribution in [-0.4, -0.2) is 53.2 Å². The van der Waals surface area contributed by atoms with E-state index < -0.39 is 0 Å². The first kappa shape index (κ1) is 18.0. The molecule has 1 aromatic heterocycles. The summed E-state index contributed by atoms with van der Waals surface area (Å²) >= 11 is 0. The predicted octanol–water partition coefficient (Wildman–Crippen LogP) is 2.13. The molecule has 2 rings (SSSR count). The van der Waals surface area contributed by atoms with E-state index in [0.717, 1.165) is 57.2 Å². The molecule has 1 aliphatic rings. The van der Waals surface area contributed by atoms with Gasteiger partial charge in [0.05, 0.1) is 6.20 Å². The van der Waals surface area contributed by atoms with Crippen LogP contribution in [0.3, 0.4) is 0 Å². The maximum atomic E-state index is 11.8. The van der Waals surface area contributed by atoms with Gasteiger partial charge in [-0.15, -0.1) is 0 Å². The molecule has 0 spiro atoms. The van der Waals surface area contributed by atoms with Crippen LogP contribution in [0.25, 0.3) is 0 Å². The van der Waals surface area contributed by atoms with E-state index >= 15 is 0 Å². The maximum Gasteiger partial charge on any atom is 0.223 e. The van der Waals surface area contributed by atoms with Crippen molar-refractivity contribution in [2.45, 2.75) is 45.7 Å². The maximum absolute atomic E-state index is 11.8. The van der Waals surface area contributed by atoms with Gasteiger partial charge < -0.3 is 14.6 Å². The molecule has 1 saturated heterocycles. The molecule has 5 heteroatoms. The quantitative estimate of drug-likeness (QED) is 0.782. The molecule has 1 aromatic rings. The van der Waals surface area contributed by atoms with Crippen molar-refractivity contribution in [3.8, 4) is 5.75 Å². The molecular formula is C18H31N3O2. The zero-order valence-electron chi connectivity index (χ0n) is 14.8. The van der Waals surface area contributed by atoms with E-state index in [-0.39, 0.29) is 11.2 Å². The van der Waals surface area contributed by atoms with Crippen LogP contribution in [0.4, 0.5) is 0 Å². The van der Waals surface area contributed by atoms with E-state index in [9.17, 15) is 9.90 Å². The zero-order chi connectivity index (χ0) is 16.8. The van der Waals surface area contributed by atoms with E-state index in [4.69, 9.17) is 0 Å². The van der Waals surface area contributed by atoms with Crippen LogP contribution in [0.5, 0.6) is 5.75 Å². The molecule has 23 heavy (non-hydrogen) atoms. The molecule has 0 unspecified atom stereocenters. The van der Waals surface area contributed by atoms with Crippen LogP contribution < -0.4 is 5.43 Å². The van der Waals surface area contributed by atoms with E-state index in [2.05, 4.69) is 35.4 Å². The van der Waals surface area contributed by atoms with Crippen molar-refractivity contribution in [1.82, 2.24) is 14.4 Å². The number of aromatic nitrogens is 1. The summed E-state index contributed by atoms with van der Waals surface area (Å²) in [6.07, 6.45) is 6.22. The Labute approximate surface area is 139 Å². The lowest BCUT2D eigenvalue weighted by molar-refractivity contribution is 0.180. The summed E-state index contributed by atoms with van der Waals surface area (Å²) in [7, 11) is 4.15. The average Bonchev–Trinajstić information content (AvgIpc) is 2.50. The average molecular weight is 321 g/mol. The van der Waals surface area contributed by atoms with Crippen LogP contribution in [0.1, 0.15) is 38.3 Å². The van der Waals surface area contributed by atoms with Gasteiger partial charge in [0.1, 0.15) is 0 Å². The van der Waals surface area contributed by atoms with Gasteiger partial charge in [-0.2, -0.15) is 0 Å². The van der Waals surface area contributed by atoms with Crippen molar-refractivity contribution in [1.29, 1.82) is 0 Å². The number of hydrogen-bond donors (Lipinski definition) is 1. The van der Waals surface area contributed by atoms with Crippen molar-refractivity contribution in [2.75, 3.05) is 33.7 Å². The van der Waals surface area contributed by atoms with Gasteiger partial charge in [0, 0.05) is 24.8 Å². The summed E-state index contributed by atoms with van der Waals surface area (Å²) in [4.78, 5) is 16.4. The van der Waals surface area contributed by atoms with Crippen molar-refractivity contribution in [3.63, 3.8) is 0 Å². The Kier molecular flexibility index (Phi) is 6.66. The van der Waals surface area contributed by atoms with Crippen molar-refractivity contribution >= 4 is 0 Å². The first-order chi connectivity index (χ1) is 11.0. The standard InChI is InChI=1S/C18H31N3O2/c1-15-6-10-20(11-7-15)13-16-12-17(22)18(23)14-21(16)9-5-4-8-19(2)3/h12,14-15,23H,4-11,13H2,1-3H3. The highest BCUT2D eigenvalue weighted by Gasteiger charge is 2.17. The van der Waals surface area contributed by atoms with Gasteiger partial charge in [0.25, 0.3) is 0 Å². The molecule has 0 amide bonds. The molecule has 0 atom stereocenters. The largest absolute Gasteiger partial charge is 0.503 e. The summed E-state index contributed by atoms with van der Waals surface area (Å²) in [5.41, 5.74) is 0.752. The van der Waals surface area contributed by atoms with Crippen molar-refractivity contribution in [3.05, 3.63) is 28.2 Å². The Hall–Kier alpha value is -1.33. The minimum Gasteiger partial charge on any atom is -0.503 e. The highest BCUT2D eigenvalue weighted by molar-refractivity contribution is 5.20. The third-order valence-corrected chi connectivity index (χ3v) is 4.71. The van der Waals surface area contributed by atoms with Crippen molar-refractivity contribution < 1.29 is 5.11 Å². The van der Waals surface area contributed by atoms with Crippen molar-refractivity contribution in [2.24, 2.45) is 5.92 Å². The number of rotatable bonds is 7. The number of hydrogen-bond acceptors (Lipinski definition) is 4. The topological polar surface area (TPSA) is 48.7 Å². The molecule has 0 saturated carbocycles. The van der Waals surface area contributed by atoms with Gasteiger partial charge >= 0.3 is 0 Å². The van der Waals surface area contributed by atoms with Crippen LogP contribution in [0.2, 0.25) is 0 Å². The van der Waals surface area contributed by atoms with Crippen LogP contribution in [0.15, 0.2) is 17.1 Å². The minimum absolute atomic E-state index is 0.145. The van der Waals surface area contributed by atoms with E-state index in [1.165, 1.54) is 12.8 Å². The molecule has 130 valence electrons. The highest BCUT2D eigenvalue weighted by Crippen LogP contribution is 2.18. The molecule has 5 nitrogen and oxygen atoms in total. The fourth-order valence-electron chi connectivity index (χ4n) is 3.11. The normalized spacial score (nSPS) is 17.0. The van der Waals surface area contributed by atoms with E-state index in [0.29, 0.717) is 0 Å². The zero-order valence-corrected chi connectivity index (χ0v) is 14.8. The Morgan fingerprint density at radius 3 is 2.61 bits per heavy atom. The Bertz CT molecular complexity index is 546. The molecular weight excluding hydrogens is 290 g/mol. The van der Waals surface area contributed by atoms with Gasteiger partial charge in [-0.25, -0.2) is 0 Å². The Morgan fingerprint density at radius 1 is 1.26 bits per heavy atom. The summed E-state index contributed by atoms with van der Waals surface area (Å²) < 4.78 is 2.06. The third kappa shape index (κ3) is 5.66. The number of aromatic hydroxyl groups is 1. The van der Waals surface area contributed by atoms with Crippen LogP contribution in [-0.2, 0) is 13.1 Å². The second kappa shape index (κ2) is 8.50. The summed E-state index contributed by atoms with van der Waals surface area (Å²) in [6.45, 7) is 7.20. The molecule has 1 fully saturated rings. The first-order valence-corrected chi connectivity index (χ1v) is 8.75. The molecule has 1 N–H and O–H groups in total. The molecule has 0 bridgehead atoms. The number of likely N-dealkylation sites (tertiary alicyclic amines) is 1. The lowest BCUT2D eigenvalue weighted by Crippen LogP contribution is -2.33. The lowest BCUT2D eigenvalue weighted by Gasteiger charge is -2.31. The minimum atomic E-state index is -0.269. The summed E-state index contributed by atoms with van der Waals surface area (Å²) in [5, 5.41) is 9.75. The predicted molar refractivity (Wildman–Crippen MR) is 93.8 cm³/mol. The van der Waals surface area contributed by atoms with Crippen LogP contribution in [0, 0.1) is 5.92 Å². The molecule has 0 aromatic carbocycles. The second-order valence-corrected chi connectivity index (χ2v) is 7.18. The smallest absolute Gasteiger partial charge is 0.223 e. The third-order valence-electron chi connectivity index (χ3n) is 4.71. The van der Waals surface area contributed by atoms with Gasteiger partial charge in [0.15, 0.2) is 5.75 Å².